The van der Waals surface area contributed by atoms with Crippen molar-refractivity contribution in [1.82, 2.24) is 9.80 Å². The van der Waals surface area contributed by atoms with Gasteiger partial charge in [0, 0.05) is 13.1 Å². The van der Waals surface area contributed by atoms with Crippen LogP contribution in [-0.2, 0) is 9.13 Å². The zero-order chi connectivity index (χ0) is 15.8. The predicted molar refractivity (Wildman–Crippen MR) is 77.6 cm³/mol. The molecule has 0 atom stereocenters. The molecule has 0 aliphatic rings. The summed E-state index contributed by atoms with van der Waals surface area (Å²) < 4.78 is 22.1. The minimum Gasteiger partial charge on any atom is -0.324 e. The van der Waals surface area contributed by atoms with Gasteiger partial charge in [0.1, 0.15) is 12.6 Å². The molecule has 0 unspecified atom stereocenters. The van der Waals surface area contributed by atoms with E-state index >= 15 is 0 Å². The second-order valence-corrected chi connectivity index (χ2v) is 8.07. The molecule has 0 aromatic heterocycles. The molecule has 10 heteroatoms. The maximum atomic E-state index is 11.0. The van der Waals surface area contributed by atoms with Crippen LogP contribution in [0.4, 0.5) is 0 Å². The SMILES string of the molecule is CCCN(CCN(CCC)CP(=O)(O)O)CP(=O)(O)O. The number of rotatable bonds is 11. The van der Waals surface area contributed by atoms with Gasteiger partial charge in [-0.25, -0.2) is 0 Å². The molecular formula is C10H26N2O6P2. The molecule has 0 bridgehead atoms. The molecule has 0 saturated heterocycles. The van der Waals surface area contributed by atoms with Gasteiger partial charge < -0.3 is 19.6 Å². The number of hydrogen-bond acceptors (Lipinski definition) is 4. The normalized spacial score (nSPS) is 13.4. The van der Waals surface area contributed by atoms with E-state index in [4.69, 9.17) is 19.6 Å². The van der Waals surface area contributed by atoms with E-state index in [9.17, 15) is 9.13 Å². The molecule has 0 aliphatic carbocycles. The van der Waals surface area contributed by atoms with Gasteiger partial charge in [-0.15, -0.1) is 0 Å². The van der Waals surface area contributed by atoms with Crippen LogP contribution in [0, 0.1) is 0 Å². The Morgan fingerprint density at radius 3 is 1.20 bits per heavy atom. The lowest BCUT2D eigenvalue weighted by atomic mass is 10.4. The van der Waals surface area contributed by atoms with Crippen molar-refractivity contribution in [2.75, 3.05) is 38.8 Å². The van der Waals surface area contributed by atoms with Gasteiger partial charge in [0.15, 0.2) is 0 Å². The Balaban J connectivity index is 4.46. The smallest absolute Gasteiger partial charge is 0.324 e. The molecule has 0 radical (unpaired) electrons. The molecule has 8 nitrogen and oxygen atoms in total. The van der Waals surface area contributed by atoms with Gasteiger partial charge >= 0.3 is 15.2 Å². The second kappa shape index (κ2) is 9.28. The Bertz CT molecular complexity index is 322. The Labute approximate surface area is 120 Å². The van der Waals surface area contributed by atoms with E-state index in [2.05, 4.69) is 0 Å². The fourth-order valence-electron chi connectivity index (χ4n) is 1.94. The van der Waals surface area contributed by atoms with Crippen molar-refractivity contribution < 1.29 is 28.7 Å². The molecule has 0 amide bonds. The van der Waals surface area contributed by atoms with E-state index in [-0.39, 0.29) is 12.6 Å². The zero-order valence-electron chi connectivity index (χ0n) is 12.1. The summed E-state index contributed by atoms with van der Waals surface area (Å²) in [6, 6.07) is 0. The highest BCUT2D eigenvalue weighted by atomic mass is 31.2. The summed E-state index contributed by atoms with van der Waals surface area (Å²) in [7, 11) is -8.23. The zero-order valence-corrected chi connectivity index (χ0v) is 13.8. The highest BCUT2D eigenvalue weighted by Crippen LogP contribution is 2.36. The average Bonchev–Trinajstić information content (AvgIpc) is 2.22. The molecule has 0 aromatic rings. The molecular weight excluding hydrogens is 306 g/mol. The van der Waals surface area contributed by atoms with Gasteiger partial charge in [0.2, 0.25) is 0 Å². The molecule has 0 saturated carbocycles. The van der Waals surface area contributed by atoms with Crippen LogP contribution in [0.3, 0.4) is 0 Å². The fourth-order valence-corrected chi connectivity index (χ4v) is 3.55. The minimum atomic E-state index is -4.11. The number of nitrogens with zero attached hydrogens (tertiary/aromatic N) is 2. The van der Waals surface area contributed by atoms with Crippen molar-refractivity contribution in [2.24, 2.45) is 0 Å². The van der Waals surface area contributed by atoms with Crippen molar-refractivity contribution in [2.45, 2.75) is 26.7 Å². The lowest BCUT2D eigenvalue weighted by Gasteiger charge is -2.27. The summed E-state index contributed by atoms with van der Waals surface area (Å²) in [5.74, 6) is 0. The molecule has 0 heterocycles. The second-order valence-electron chi connectivity index (χ2n) is 4.85. The van der Waals surface area contributed by atoms with E-state index in [0.717, 1.165) is 12.8 Å². The summed E-state index contributed by atoms with van der Waals surface area (Å²) >= 11 is 0. The maximum absolute atomic E-state index is 11.0. The first-order valence-electron chi connectivity index (χ1n) is 6.61. The van der Waals surface area contributed by atoms with E-state index in [0.29, 0.717) is 26.2 Å². The van der Waals surface area contributed by atoms with Crippen LogP contribution >= 0.6 is 15.2 Å². The first-order chi connectivity index (χ1) is 9.07. The highest BCUT2D eigenvalue weighted by molar-refractivity contribution is 7.51. The van der Waals surface area contributed by atoms with Gasteiger partial charge in [-0.05, 0) is 25.9 Å². The molecule has 20 heavy (non-hydrogen) atoms. The van der Waals surface area contributed by atoms with Crippen molar-refractivity contribution in [3.8, 4) is 0 Å². The predicted octanol–water partition coefficient (Wildman–Crippen LogP) is 0.681. The van der Waals surface area contributed by atoms with E-state index in [1.54, 1.807) is 9.80 Å². The first kappa shape index (κ1) is 20.2. The van der Waals surface area contributed by atoms with Crippen molar-refractivity contribution >= 4 is 15.2 Å². The minimum absolute atomic E-state index is 0.323. The molecule has 0 spiro atoms. The topological polar surface area (TPSA) is 122 Å². The van der Waals surface area contributed by atoms with Crippen LogP contribution in [0.25, 0.3) is 0 Å². The van der Waals surface area contributed by atoms with Crippen LogP contribution in [0.1, 0.15) is 26.7 Å². The van der Waals surface area contributed by atoms with Crippen molar-refractivity contribution in [3.63, 3.8) is 0 Å². The monoisotopic (exact) mass is 332 g/mol. The van der Waals surface area contributed by atoms with E-state index in [1.807, 2.05) is 13.8 Å². The lowest BCUT2D eigenvalue weighted by molar-refractivity contribution is 0.216. The summed E-state index contributed by atoms with van der Waals surface area (Å²) in [6.07, 6.45) is 0.867. The Kier molecular flexibility index (Phi) is 9.38. The third-order valence-electron chi connectivity index (χ3n) is 2.58. The van der Waals surface area contributed by atoms with E-state index < -0.39 is 15.2 Å². The van der Waals surface area contributed by atoms with Gasteiger partial charge in [-0.2, -0.15) is 0 Å². The van der Waals surface area contributed by atoms with Crippen LogP contribution in [0.15, 0.2) is 0 Å². The highest BCUT2D eigenvalue weighted by Gasteiger charge is 2.22. The van der Waals surface area contributed by atoms with Crippen molar-refractivity contribution in [3.05, 3.63) is 0 Å². The third kappa shape index (κ3) is 12.0. The quantitative estimate of drug-likeness (QED) is 0.408. The van der Waals surface area contributed by atoms with Gasteiger partial charge in [-0.1, -0.05) is 13.8 Å². The maximum Gasteiger partial charge on any atom is 0.339 e. The van der Waals surface area contributed by atoms with Crippen LogP contribution in [-0.4, -0.2) is 68.1 Å². The summed E-state index contributed by atoms with van der Waals surface area (Å²) in [5.41, 5.74) is 0. The van der Waals surface area contributed by atoms with Crippen LogP contribution < -0.4 is 0 Å². The average molecular weight is 332 g/mol. The van der Waals surface area contributed by atoms with Gasteiger partial charge in [0.25, 0.3) is 0 Å². The van der Waals surface area contributed by atoms with E-state index in [1.165, 1.54) is 0 Å². The molecule has 122 valence electrons. The Morgan fingerprint density at radius 2 is 1.00 bits per heavy atom. The largest absolute Gasteiger partial charge is 0.339 e. The van der Waals surface area contributed by atoms with Crippen LogP contribution in [0.2, 0.25) is 0 Å². The van der Waals surface area contributed by atoms with Gasteiger partial charge in [0.05, 0.1) is 0 Å². The standard InChI is InChI=1S/C10H26N2O6P2/c1-3-5-11(9-19(13,14)15)7-8-12(6-4-2)10-20(16,17)18/h3-10H2,1-2H3,(H2,13,14,15)(H2,16,17,18). The van der Waals surface area contributed by atoms with Gasteiger partial charge in [-0.3, -0.25) is 18.9 Å². The molecule has 0 aromatic carbocycles. The third-order valence-corrected chi connectivity index (χ3v) is 4.12. The fraction of sp³-hybridized carbons (Fsp3) is 1.00. The molecule has 0 rings (SSSR count). The summed E-state index contributed by atoms with van der Waals surface area (Å²) in [5, 5.41) is 0. The Hall–Kier alpha value is 0.220. The van der Waals surface area contributed by atoms with Crippen molar-refractivity contribution in [1.29, 1.82) is 0 Å². The summed E-state index contributed by atoms with van der Waals surface area (Å²) in [6.45, 7) is 5.65. The molecule has 0 aliphatic heterocycles. The number of hydrogen-bond donors (Lipinski definition) is 4. The molecule has 0 fully saturated rings. The summed E-state index contributed by atoms with van der Waals surface area (Å²) in [4.78, 5) is 39.3. The molecule has 4 N–H and O–H groups in total. The van der Waals surface area contributed by atoms with Crippen LogP contribution in [0.5, 0.6) is 0 Å². The first-order valence-corrected chi connectivity index (χ1v) is 10.2. The lowest BCUT2D eigenvalue weighted by Crippen LogP contribution is -2.37. The Morgan fingerprint density at radius 1 is 0.700 bits per heavy atom.